The molecule has 1 amide bonds. The molecule has 1 aromatic heterocycles. The molecule has 2 atom stereocenters. The molecule has 8 heteroatoms. The molecule has 28 heavy (non-hydrogen) atoms. The fourth-order valence-electron chi connectivity index (χ4n) is 3.79. The van der Waals surface area contributed by atoms with Crippen LogP contribution in [-0.2, 0) is 0 Å². The Morgan fingerprint density at radius 2 is 1.82 bits per heavy atom. The number of nitrogens with one attached hydrogen (secondary N) is 1. The number of piperazine rings is 1. The third-order valence-electron chi connectivity index (χ3n) is 4.84. The molecule has 0 saturated carbocycles. The highest BCUT2D eigenvalue weighted by atomic mass is 32.1. The summed E-state index contributed by atoms with van der Waals surface area (Å²) in [7, 11) is 0. The van der Waals surface area contributed by atoms with Crippen molar-refractivity contribution in [1.82, 2.24) is 14.6 Å². The molecule has 2 N–H and O–H groups in total. The fourth-order valence-corrected chi connectivity index (χ4v) is 4.52. The van der Waals surface area contributed by atoms with Crippen molar-refractivity contribution in [3.05, 3.63) is 47.7 Å². The topological polar surface area (TPSA) is 65.5 Å². The van der Waals surface area contributed by atoms with Crippen LogP contribution in [0.5, 0.6) is 5.75 Å². The van der Waals surface area contributed by atoms with Crippen molar-refractivity contribution < 1.29 is 18.7 Å². The zero-order valence-electron chi connectivity index (χ0n) is 15.4. The van der Waals surface area contributed by atoms with Gasteiger partial charge in [-0.3, -0.25) is 4.79 Å². The van der Waals surface area contributed by atoms with Crippen LogP contribution in [-0.4, -0.2) is 45.5 Å². The van der Waals surface area contributed by atoms with Gasteiger partial charge in [0.2, 0.25) is 0 Å². The Balaban J connectivity index is 1.84. The molecule has 2 heterocycles. The number of fused-ring (bicyclic) bond motifs is 1. The minimum absolute atomic E-state index is 0.153. The number of carbonyl (C=O) groups excluding carboxylic acids is 1. The largest absolute Gasteiger partial charge is 0.508 e. The number of halogens is 2. The van der Waals surface area contributed by atoms with Crippen molar-refractivity contribution in [2.45, 2.75) is 25.9 Å². The Labute approximate surface area is 164 Å². The second-order valence-corrected chi connectivity index (χ2v) is 8.03. The number of phenols is 1. The Morgan fingerprint density at radius 1 is 1.18 bits per heavy atom. The van der Waals surface area contributed by atoms with E-state index in [1.54, 1.807) is 17.2 Å². The number of phenolic OH excluding ortho intramolecular Hbond substituents is 1. The maximum Gasteiger partial charge on any atom is 0.255 e. The quantitative estimate of drug-likeness (QED) is 0.684. The van der Waals surface area contributed by atoms with Crippen LogP contribution in [0.25, 0.3) is 21.2 Å². The average molecular weight is 403 g/mol. The van der Waals surface area contributed by atoms with E-state index in [4.69, 9.17) is 0 Å². The van der Waals surface area contributed by atoms with Crippen LogP contribution in [0.3, 0.4) is 0 Å². The number of hydrogen-bond donors (Lipinski definition) is 2. The van der Waals surface area contributed by atoms with Gasteiger partial charge in [-0.15, -0.1) is 0 Å². The second kappa shape index (κ2) is 7.10. The highest BCUT2D eigenvalue weighted by Gasteiger charge is 2.28. The molecule has 0 aliphatic carbocycles. The maximum absolute atomic E-state index is 14.4. The number of rotatable bonds is 2. The molecule has 4 rings (SSSR count). The van der Waals surface area contributed by atoms with E-state index in [0.717, 1.165) is 12.1 Å². The first-order valence-corrected chi connectivity index (χ1v) is 9.73. The van der Waals surface area contributed by atoms with Gasteiger partial charge in [0.25, 0.3) is 5.91 Å². The van der Waals surface area contributed by atoms with Gasteiger partial charge in [-0.1, -0.05) is 0 Å². The molecule has 146 valence electrons. The molecular formula is C20H19F2N3O2S. The van der Waals surface area contributed by atoms with Gasteiger partial charge in [-0.25, -0.2) is 8.78 Å². The summed E-state index contributed by atoms with van der Waals surface area (Å²) in [5, 5.41) is 13.4. The molecule has 0 bridgehead atoms. The Morgan fingerprint density at radius 3 is 2.46 bits per heavy atom. The van der Waals surface area contributed by atoms with E-state index in [2.05, 4.69) is 9.69 Å². The number of benzene rings is 2. The number of aromatic nitrogens is 1. The van der Waals surface area contributed by atoms with Crippen LogP contribution < -0.4 is 5.32 Å². The van der Waals surface area contributed by atoms with E-state index in [9.17, 15) is 18.7 Å². The highest BCUT2D eigenvalue weighted by molar-refractivity contribution is 7.13. The van der Waals surface area contributed by atoms with Gasteiger partial charge in [0.15, 0.2) is 0 Å². The summed E-state index contributed by atoms with van der Waals surface area (Å²) in [6.07, 6.45) is 1.58. The summed E-state index contributed by atoms with van der Waals surface area (Å²) in [6.45, 7) is 5.12. The summed E-state index contributed by atoms with van der Waals surface area (Å²) in [5.74, 6) is -2.45. The lowest BCUT2D eigenvalue weighted by Crippen LogP contribution is -2.55. The monoisotopic (exact) mass is 403 g/mol. The minimum atomic E-state index is -0.886. The van der Waals surface area contributed by atoms with E-state index in [1.807, 2.05) is 13.8 Å². The Kier molecular flexibility index (Phi) is 4.76. The van der Waals surface area contributed by atoms with Crippen molar-refractivity contribution in [2.75, 3.05) is 13.1 Å². The number of amides is 1. The van der Waals surface area contributed by atoms with Crippen molar-refractivity contribution in [2.24, 2.45) is 0 Å². The number of carbonyl (C=O) groups is 1. The van der Waals surface area contributed by atoms with Crippen LogP contribution in [0.15, 0.2) is 30.5 Å². The minimum Gasteiger partial charge on any atom is -0.508 e. The molecule has 0 unspecified atom stereocenters. The molecule has 1 aliphatic heterocycles. The van der Waals surface area contributed by atoms with Gasteiger partial charge in [0.1, 0.15) is 17.4 Å². The van der Waals surface area contributed by atoms with E-state index in [0.29, 0.717) is 28.7 Å². The average Bonchev–Trinajstić information content (AvgIpc) is 3.07. The predicted octanol–water partition coefficient (Wildman–Crippen LogP) is 3.77. The highest BCUT2D eigenvalue weighted by Crippen LogP contribution is 2.35. The van der Waals surface area contributed by atoms with E-state index in [-0.39, 0.29) is 29.1 Å². The van der Waals surface area contributed by atoms with Crippen LogP contribution >= 0.6 is 11.5 Å². The van der Waals surface area contributed by atoms with Crippen LogP contribution in [0.1, 0.15) is 24.2 Å². The van der Waals surface area contributed by atoms with Crippen LogP contribution in [0.4, 0.5) is 8.78 Å². The fraction of sp³-hybridized carbons (Fsp3) is 0.300. The molecule has 1 aliphatic rings. The van der Waals surface area contributed by atoms with Crippen molar-refractivity contribution in [3.8, 4) is 16.9 Å². The van der Waals surface area contributed by atoms with Gasteiger partial charge in [0.05, 0.1) is 15.8 Å². The SMILES string of the molecule is C[C@@H]1CN(C(=O)c2cc(-c3c(F)cc(O)cc3F)cc3cnsc23)C[C@@H](C)N1. The zero-order valence-corrected chi connectivity index (χ0v) is 16.2. The molecule has 3 aromatic rings. The molecule has 2 aromatic carbocycles. The summed E-state index contributed by atoms with van der Waals surface area (Å²) >= 11 is 1.18. The number of nitrogens with zero attached hydrogens (tertiary/aromatic N) is 2. The van der Waals surface area contributed by atoms with Crippen molar-refractivity contribution >= 4 is 27.5 Å². The molecular weight excluding hydrogens is 384 g/mol. The Bertz CT molecular complexity index is 1040. The molecule has 0 radical (unpaired) electrons. The lowest BCUT2D eigenvalue weighted by Gasteiger charge is -2.36. The molecule has 1 fully saturated rings. The van der Waals surface area contributed by atoms with E-state index >= 15 is 0 Å². The predicted molar refractivity (Wildman–Crippen MR) is 105 cm³/mol. The molecule has 1 saturated heterocycles. The van der Waals surface area contributed by atoms with Gasteiger partial charge in [-0.2, -0.15) is 4.37 Å². The maximum atomic E-state index is 14.4. The van der Waals surface area contributed by atoms with Crippen molar-refractivity contribution in [3.63, 3.8) is 0 Å². The smallest absolute Gasteiger partial charge is 0.255 e. The van der Waals surface area contributed by atoms with Gasteiger partial charge in [-0.05, 0) is 43.1 Å². The summed E-state index contributed by atoms with van der Waals surface area (Å²) in [4.78, 5) is 15.0. The van der Waals surface area contributed by atoms with Gasteiger partial charge < -0.3 is 15.3 Å². The van der Waals surface area contributed by atoms with Gasteiger partial charge >= 0.3 is 0 Å². The third-order valence-corrected chi connectivity index (χ3v) is 5.69. The number of aromatic hydroxyl groups is 1. The van der Waals surface area contributed by atoms with Crippen molar-refractivity contribution in [1.29, 1.82) is 0 Å². The first kappa shape index (κ1) is 18.8. The standard InChI is InChI=1S/C20H19F2N3O2S/c1-10-8-25(9-11(2)24-10)20(27)15-4-12(3-13-7-23-28-19(13)15)18-16(21)5-14(26)6-17(18)22/h3-7,10-11,24,26H,8-9H2,1-2H3/t10-,11-/m1/s1. The van der Waals surface area contributed by atoms with Crippen LogP contribution in [0.2, 0.25) is 0 Å². The molecule has 0 spiro atoms. The zero-order chi connectivity index (χ0) is 20.0. The number of hydrogen-bond acceptors (Lipinski definition) is 5. The van der Waals surface area contributed by atoms with E-state index < -0.39 is 17.4 Å². The Hall–Kier alpha value is -2.58. The molecule has 5 nitrogen and oxygen atoms in total. The lowest BCUT2D eigenvalue weighted by atomic mass is 9.99. The first-order valence-electron chi connectivity index (χ1n) is 8.95. The van der Waals surface area contributed by atoms with Crippen LogP contribution in [0, 0.1) is 11.6 Å². The lowest BCUT2D eigenvalue weighted by molar-refractivity contribution is 0.0676. The summed E-state index contributed by atoms with van der Waals surface area (Å²) in [6, 6.07) is 5.14. The second-order valence-electron chi connectivity index (χ2n) is 7.23. The summed E-state index contributed by atoms with van der Waals surface area (Å²) < 4.78 is 33.6. The summed E-state index contributed by atoms with van der Waals surface area (Å²) in [5.41, 5.74) is 0.340. The normalized spacial score (nSPS) is 19.9. The first-order chi connectivity index (χ1) is 13.3. The van der Waals surface area contributed by atoms with Gasteiger partial charge in [0, 0.05) is 48.9 Å². The third kappa shape index (κ3) is 3.33. The van der Waals surface area contributed by atoms with E-state index in [1.165, 1.54) is 17.6 Å².